The van der Waals surface area contributed by atoms with Crippen molar-refractivity contribution in [3.8, 4) is 28.4 Å². The van der Waals surface area contributed by atoms with Crippen LogP contribution >= 0.6 is 23.2 Å². The molecule has 0 atom stereocenters. The van der Waals surface area contributed by atoms with Gasteiger partial charge >= 0.3 is 5.63 Å². The predicted octanol–water partition coefficient (Wildman–Crippen LogP) is 6.36. The van der Waals surface area contributed by atoms with Crippen LogP contribution in [0, 0.1) is 0 Å². The van der Waals surface area contributed by atoms with Gasteiger partial charge in [-0.15, -0.1) is 0 Å². The number of benzene rings is 3. The van der Waals surface area contributed by atoms with Gasteiger partial charge < -0.3 is 18.6 Å². The molecule has 4 aromatic rings. The maximum Gasteiger partial charge on any atom is 0.344 e. The molecule has 0 radical (unpaired) electrons. The average molecular weight is 457 g/mol. The highest BCUT2D eigenvalue weighted by molar-refractivity contribution is 6.42. The molecular weight excluding hydrogens is 439 g/mol. The Morgan fingerprint density at radius 1 is 0.806 bits per heavy atom. The summed E-state index contributed by atoms with van der Waals surface area (Å²) < 4.78 is 22.1. The summed E-state index contributed by atoms with van der Waals surface area (Å²) in [5.74, 6) is 1.73. The summed E-state index contributed by atoms with van der Waals surface area (Å²) in [6.45, 7) is 0.297. The molecule has 0 N–H and O–H groups in total. The molecule has 1 aromatic heterocycles. The molecule has 5 nitrogen and oxygen atoms in total. The van der Waals surface area contributed by atoms with Gasteiger partial charge in [0.15, 0.2) is 0 Å². The van der Waals surface area contributed by atoms with Crippen LogP contribution in [0.5, 0.6) is 17.2 Å². The largest absolute Gasteiger partial charge is 0.497 e. The SMILES string of the molecule is COc1ccc(OC)c(-c2cc3ccc(OCc4ccc(Cl)c(Cl)c4)cc3oc2=O)c1. The Balaban J connectivity index is 1.65. The second kappa shape index (κ2) is 8.92. The monoisotopic (exact) mass is 456 g/mol. The number of ether oxygens (including phenoxy) is 3. The second-order valence-corrected chi connectivity index (χ2v) is 7.56. The van der Waals surface area contributed by atoms with Crippen LogP contribution in [-0.2, 0) is 6.61 Å². The molecule has 0 saturated heterocycles. The minimum atomic E-state index is -0.485. The van der Waals surface area contributed by atoms with Crippen LogP contribution in [0.25, 0.3) is 22.1 Å². The average Bonchev–Trinajstić information content (AvgIpc) is 2.78. The smallest absolute Gasteiger partial charge is 0.344 e. The highest BCUT2D eigenvalue weighted by Crippen LogP contribution is 2.33. The number of halogens is 2. The van der Waals surface area contributed by atoms with Gasteiger partial charge in [-0.05, 0) is 54.1 Å². The summed E-state index contributed by atoms with van der Waals surface area (Å²) in [5, 5.41) is 1.70. The third kappa shape index (κ3) is 4.48. The zero-order valence-electron chi connectivity index (χ0n) is 16.8. The molecule has 0 aliphatic heterocycles. The molecule has 0 aliphatic rings. The van der Waals surface area contributed by atoms with E-state index in [1.807, 2.05) is 18.2 Å². The number of hydrogen-bond donors (Lipinski definition) is 0. The molecular formula is C24H18Cl2O5. The predicted molar refractivity (Wildman–Crippen MR) is 122 cm³/mol. The van der Waals surface area contributed by atoms with Gasteiger partial charge in [0.25, 0.3) is 0 Å². The van der Waals surface area contributed by atoms with Crippen molar-refractivity contribution in [2.24, 2.45) is 0 Å². The Hall–Kier alpha value is -3.15. The zero-order valence-corrected chi connectivity index (χ0v) is 18.3. The Morgan fingerprint density at radius 2 is 1.61 bits per heavy atom. The van der Waals surface area contributed by atoms with Gasteiger partial charge in [0.05, 0.1) is 29.8 Å². The summed E-state index contributed by atoms with van der Waals surface area (Å²) >= 11 is 12.0. The normalized spacial score (nSPS) is 10.8. The Kier molecular flexibility index (Phi) is 6.07. The molecule has 0 fully saturated rings. The first-order valence-electron chi connectivity index (χ1n) is 9.35. The van der Waals surface area contributed by atoms with Crippen LogP contribution in [0.1, 0.15) is 5.56 Å². The van der Waals surface area contributed by atoms with Gasteiger partial charge in [0.1, 0.15) is 29.4 Å². The number of rotatable bonds is 6. The standard InChI is InChI=1S/C24H18Cl2O5/c1-28-16-6-8-22(29-2)18(11-16)19-10-15-4-5-17(12-23(15)31-24(19)27)30-13-14-3-7-20(25)21(26)9-14/h3-12H,13H2,1-2H3. The van der Waals surface area contributed by atoms with Crippen LogP contribution in [0.2, 0.25) is 10.0 Å². The molecule has 0 bridgehead atoms. The second-order valence-electron chi connectivity index (χ2n) is 6.75. The zero-order chi connectivity index (χ0) is 22.0. The fourth-order valence-electron chi connectivity index (χ4n) is 3.19. The minimum absolute atomic E-state index is 0.297. The minimum Gasteiger partial charge on any atom is -0.497 e. The van der Waals surface area contributed by atoms with Crippen molar-refractivity contribution in [2.75, 3.05) is 14.2 Å². The number of hydrogen-bond acceptors (Lipinski definition) is 5. The van der Waals surface area contributed by atoms with E-state index in [1.54, 1.807) is 56.7 Å². The summed E-state index contributed by atoms with van der Waals surface area (Å²) in [5.41, 5.74) is 1.78. The van der Waals surface area contributed by atoms with Gasteiger partial charge in [-0.25, -0.2) is 4.79 Å². The van der Waals surface area contributed by atoms with Crippen molar-refractivity contribution in [1.82, 2.24) is 0 Å². The van der Waals surface area contributed by atoms with E-state index in [2.05, 4.69) is 0 Å². The van der Waals surface area contributed by atoms with E-state index in [1.165, 1.54) is 0 Å². The van der Waals surface area contributed by atoms with E-state index in [4.69, 9.17) is 41.8 Å². The molecule has 31 heavy (non-hydrogen) atoms. The fourth-order valence-corrected chi connectivity index (χ4v) is 3.51. The topological polar surface area (TPSA) is 57.9 Å². The van der Waals surface area contributed by atoms with Gasteiger partial charge in [0, 0.05) is 17.0 Å². The fraction of sp³-hybridized carbons (Fsp3) is 0.125. The molecule has 0 aliphatic carbocycles. The number of methoxy groups -OCH3 is 2. The molecule has 0 unspecified atom stereocenters. The van der Waals surface area contributed by atoms with E-state index in [-0.39, 0.29) is 0 Å². The van der Waals surface area contributed by atoms with Gasteiger partial charge in [-0.1, -0.05) is 29.3 Å². The lowest BCUT2D eigenvalue weighted by atomic mass is 10.0. The van der Waals surface area contributed by atoms with Crippen LogP contribution < -0.4 is 19.8 Å². The highest BCUT2D eigenvalue weighted by Gasteiger charge is 2.14. The molecule has 1 heterocycles. The molecule has 0 saturated carbocycles. The van der Waals surface area contributed by atoms with E-state index in [0.717, 1.165) is 10.9 Å². The summed E-state index contributed by atoms with van der Waals surface area (Å²) in [4.78, 5) is 12.7. The van der Waals surface area contributed by atoms with Crippen molar-refractivity contribution in [2.45, 2.75) is 6.61 Å². The lowest BCUT2D eigenvalue weighted by molar-refractivity contribution is 0.306. The first-order chi connectivity index (χ1) is 15.0. The first kappa shape index (κ1) is 21.1. The van der Waals surface area contributed by atoms with Crippen molar-refractivity contribution >= 4 is 34.2 Å². The lowest BCUT2D eigenvalue weighted by Gasteiger charge is -2.11. The summed E-state index contributed by atoms with van der Waals surface area (Å²) in [6.07, 6.45) is 0. The van der Waals surface area contributed by atoms with Gasteiger partial charge in [0.2, 0.25) is 0 Å². The van der Waals surface area contributed by atoms with Crippen molar-refractivity contribution in [3.63, 3.8) is 0 Å². The lowest BCUT2D eigenvalue weighted by Crippen LogP contribution is -2.04. The third-order valence-electron chi connectivity index (χ3n) is 4.79. The highest BCUT2D eigenvalue weighted by atomic mass is 35.5. The van der Waals surface area contributed by atoms with E-state index < -0.39 is 5.63 Å². The molecule has 158 valence electrons. The Bertz CT molecular complexity index is 1310. The molecule has 7 heteroatoms. The molecule has 3 aromatic carbocycles. The van der Waals surface area contributed by atoms with E-state index >= 15 is 0 Å². The first-order valence-corrected chi connectivity index (χ1v) is 10.1. The van der Waals surface area contributed by atoms with Crippen LogP contribution in [-0.4, -0.2) is 14.2 Å². The van der Waals surface area contributed by atoms with E-state index in [0.29, 0.717) is 50.6 Å². The third-order valence-corrected chi connectivity index (χ3v) is 5.53. The van der Waals surface area contributed by atoms with Crippen LogP contribution in [0.3, 0.4) is 0 Å². The van der Waals surface area contributed by atoms with Crippen LogP contribution in [0.15, 0.2) is 69.9 Å². The Morgan fingerprint density at radius 3 is 2.35 bits per heavy atom. The van der Waals surface area contributed by atoms with Crippen molar-refractivity contribution < 1.29 is 18.6 Å². The maximum absolute atomic E-state index is 12.7. The van der Waals surface area contributed by atoms with Gasteiger partial charge in [-0.3, -0.25) is 0 Å². The van der Waals surface area contributed by atoms with Crippen molar-refractivity contribution in [1.29, 1.82) is 0 Å². The maximum atomic E-state index is 12.7. The molecule has 0 spiro atoms. The van der Waals surface area contributed by atoms with E-state index in [9.17, 15) is 4.79 Å². The summed E-state index contributed by atoms with van der Waals surface area (Å²) in [6, 6.07) is 17.7. The van der Waals surface area contributed by atoms with Gasteiger partial charge in [-0.2, -0.15) is 0 Å². The summed E-state index contributed by atoms with van der Waals surface area (Å²) in [7, 11) is 3.11. The van der Waals surface area contributed by atoms with Crippen LogP contribution in [0.4, 0.5) is 0 Å². The number of fused-ring (bicyclic) bond motifs is 1. The Labute approximate surface area is 188 Å². The van der Waals surface area contributed by atoms with Crippen molar-refractivity contribution in [3.05, 3.63) is 86.7 Å². The quantitative estimate of drug-likeness (QED) is 0.315. The molecule has 4 rings (SSSR count). The molecule has 0 amide bonds.